The maximum atomic E-state index is 12.9. The molecular formula is C18H25N3O3S2. The number of carbonyl (C=O) groups is 1. The molecule has 1 amide bonds. The average molecular weight is 396 g/mol. The molecular weight excluding hydrogens is 370 g/mol. The largest absolute Gasteiger partial charge is 0.335 e. The van der Waals surface area contributed by atoms with E-state index in [-0.39, 0.29) is 35.2 Å². The Morgan fingerprint density at radius 3 is 2.88 bits per heavy atom. The number of nitrogens with zero attached hydrogens (tertiary/aromatic N) is 2. The summed E-state index contributed by atoms with van der Waals surface area (Å²) < 4.78 is 23.7. The Hall–Kier alpha value is -1.54. The SMILES string of the molecule is CC[C@@H](C)N(C(=O)CSc1nc2ccc(C)cc2[nH]1)[C@H]1CCS(=O)(=O)C1. The van der Waals surface area contributed by atoms with Gasteiger partial charge in [-0.15, -0.1) is 0 Å². The third-order valence-electron chi connectivity index (χ3n) is 4.90. The van der Waals surface area contributed by atoms with Crippen molar-refractivity contribution < 1.29 is 13.2 Å². The van der Waals surface area contributed by atoms with Gasteiger partial charge < -0.3 is 9.88 Å². The third-order valence-corrected chi connectivity index (χ3v) is 7.51. The van der Waals surface area contributed by atoms with Crippen LogP contribution in [0.25, 0.3) is 11.0 Å². The summed E-state index contributed by atoms with van der Waals surface area (Å²) in [7, 11) is -3.02. The van der Waals surface area contributed by atoms with Crippen LogP contribution < -0.4 is 0 Å². The standard InChI is InChI=1S/C18H25N3O3S2/c1-4-13(3)21(14-7-8-26(23,24)11-14)17(22)10-25-18-19-15-6-5-12(2)9-16(15)20-18/h5-6,9,13-14H,4,7-8,10-11H2,1-3H3,(H,19,20)/t13-,14+/m1/s1. The number of hydrogen-bond acceptors (Lipinski definition) is 5. The van der Waals surface area contributed by atoms with Crippen LogP contribution in [0.5, 0.6) is 0 Å². The Labute approximate surface area is 158 Å². The lowest BCUT2D eigenvalue weighted by Crippen LogP contribution is -2.47. The molecule has 0 saturated carbocycles. The third kappa shape index (κ3) is 4.23. The average Bonchev–Trinajstić information content (AvgIpc) is 3.15. The molecule has 26 heavy (non-hydrogen) atoms. The van der Waals surface area contributed by atoms with Gasteiger partial charge in [-0.3, -0.25) is 4.79 Å². The Balaban J connectivity index is 1.70. The fraction of sp³-hybridized carbons (Fsp3) is 0.556. The van der Waals surface area contributed by atoms with Crippen molar-refractivity contribution in [3.63, 3.8) is 0 Å². The topological polar surface area (TPSA) is 83.1 Å². The number of aryl methyl sites for hydroxylation is 1. The van der Waals surface area contributed by atoms with Gasteiger partial charge in [-0.25, -0.2) is 13.4 Å². The van der Waals surface area contributed by atoms with E-state index in [0.29, 0.717) is 11.6 Å². The van der Waals surface area contributed by atoms with Crippen LogP contribution in [0.3, 0.4) is 0 Å². The number of fused-ring (bicyclic) bond motifs is 1. The van der Waals surface area contributed by atoms with Gasteiger partial charge in [0, 0.05) is 12.1 Å². The molecule has 0 spiro atoms. The van der Waals surface area contributed by atoms with Crippen LogP contribution >= 0.6 is 11.8 Å². The normalized spacial score (nSPS) is 20.3. The lowest BCUT2D eigenvalue weighted by Gasteiger charge is -2.33. The predicted molar refractivity (Wildman–Crippen MR) is 105 cm³/mol. The summed E-state index contributed by atoms with van der Waals surface area (Å²) in [5.41, 5.74) is 2.99. The first-order chi connectivity index (χ1) is 12.3. The van der Waals surface area contributed by atoms with Crippen molar-refractivity contribution in [2.45, 2.75) is 50.9 Å². The van der Waals surface area contributed by atoms with E-state index >= 15 is 0 Å². The molecule has 1 N–H and O–H groups in total. The second-order valence-electron chi connectivity index (χ2n) is 6.97. The Bertz CT molecular complexity index is 908. The summed E-state index contributed by atoms with van der Waals surface area (Å²) >= 11 is 1.37. The molecule has 2 atom stereocenters. The first-order valence-electron chi connectivity index (χ1n) is 8.90. The zero-order valence-electron chi connectivity index (χ0n) is 15.4. The quantitative estimate of drug-likeness (QED) is 0.761. The van der Waals surface area contributed by atoms with E-state index in [1.807, 2.05) is 39.0 Å². The van der Waals surface area contributed by atoms with Crippen LogP contribution in [0.4, 0.5) is 0 Å². The van der Waals surface area contributed by atoms with Gasteiger partial charge in [0.25, 0.3) is 0 Å². The number of amides is 1. The molecule has 142 valence electrons. The number of hydrogen-bond donors (Lipinski definition) is 1. The summed E-state index contributed by atoms with van der Waals surface area (Å²) in [5, 5.41) is 0.710. The van der Waals surface area contributed by atoms with E-state index in [2.05, 4.69) is 9.97 Å². The highest BCUT2D eigenvalue weighted by molar-refractivity contribution is 7.99. The number of aromatic amines is 1. The van der Waals surface area contributed by atoms with Gasteiger partial charge in [-0.2, -0.15) is 0 Å². The zero-order valence-corrected chi connectivity index (χ0v) is 17.0. The zero-order chi connectivity index (χ0) is 18.9. The van der Waals surface area contributed by atoms with Crippen molar-refractivity contribution >= 4 is 38.5 Å². The van der Waals surface area contributed by atoms with Crippen molar-refractivity contribution in [1.29, 1.82) is 0 Å². The molecule has 0 bridgehead atoms. The molecule has 0 radical (unpaired) electrons. The van der Waals surface area contributed by atoms with E-state index in [1.165, 1.54) is 11.8 Å². The molecule has 8 heteroatoms. The van der Waals surface area contributed by atoms with Crippen molar-refractivity contribution in [2.75, 3.05) is 17.3 Å². The summed E-state index contributed by atoms with van der Waals surface area (Å²) in [6.45, 7) is 6.02. The predicted octanol–water partition coefficient (Wildman–Crippen LogP) is 2.78. The van der Waals surface area contributed by atoms with Crippen LogP contribution in [0.1, 0.15) is 32.3 Å². The minimum atomic E-state index is -3.02. The highest BCUT2D eigenvalue weighted by atomic mass is 32.2. The van der Waals surface area contributed by atoms with Gasteiger partial charge in [-0.05, 0) is 44.4 Å². The number of rotatable bonds is 6. The fourth-order valence-electron chi connectivity index (χ4n) is 3.37. The van der Waals surface area contributed by atoms with E-state index in [4.69, 9.17) is 0 Å². The lowest BCUT2D eigenvalue weighted by atomic mass is 10.1. The molecule has 3 rings (SSSR count). The number of aromatic nitrogens is 2. The number of H-pyrrole nitrogens is 1. The molecule has 1 aromatic heterocycles. The van der Waals surface area contributed by atoms with Crippen molar-refractivity contribution in [1.82, 2.24) is 14.9 Å². The first-order valence-corrected chi connectivity index (χ1v) is 11.7. The number of nitrogens with one attached hydrogen (secondary N) is 1. The Morgan fingerprint density at radius 1 is 1.46 bits per heavy atom. The fourth-order valence-corrected chi connectivity index (χ4v) is 5.84. The summed E-state index contributed by atoms with van der Waals surface area (Å²) in [4.78, 5) is 22.4. The summed E-state index contributed by atoms with van der Waals surface area (Å²) in [6, 6.07) is 5.82. The van der Waals surface area contributed by atoms with Gasteiger partial charge in [-0.1, -0.05) is 24.8 Å². The molecule has 1 saturated heterocycles. The molecule has 0 aliphatic carbocycles. The second-order valence-corrected chi connectivity index (χ2v) is 10.2. The first kappa shape index (κ1) is 19.2. The van der Waals surface area contributed by atoms with Gasteiger partial charge in [0.05, 0.1) is 28.3 Å². The van der Waals surface area contributed by atoms with Crippen LogP contribution in [-0.2, 0) is 14.6 Å². The molecule has 6 nitrogen and oxygen atoms in total. The molecule has 1 aliphatic heterocycles. The van der Waals surface area contributed by atoms with Crippen LogP contribution in [0, 0.1) is 6.92 Å². The van der Waals surface area contributed by atoms with Crippen LogP contribution in [0.15, 0.2) is 23.4 Å². The van der Waals surface area contributed by atoms with Gasteiger partial charge in [0.15, 0.2) is 15.0 Å². The number of imidazole rings is 1. The second kappa shape index (κ2) is 7.60. The number of thioether (sulfide) groups is 1. The van der Waals surface area contributed by atoms with E-state index in [0.717, 1.165) is 23.0 Å². The van der Waals surface area contributed by atoms with Crippen molar-refractivity contribution in [3.8, 4) is 0 Å². The highest BCUT2D eigenvalue weighted by Gasteiger charge is 2.36. The van der Waals surface area contributed by atoms with Gasteiger partial charge in [0.2, 0.25) is 5.91 Å². The maximum Gasteiger partial charge on any atom is 0.233 e. The maximum absolute atomic E-state index is 12.9. The summed E-state index contributed by atoms with van der Waals surface area (Å²) in [6.07, 6.45) is 1.34. The van der Waals surface area contributed by atoms with E-state index in [9.17, 15) is 13.2 Å². The smallest absolute Gasteiger partial charge is 0.233 e. The molecule has 0 unspecified atom stereocenters. The monoisotopic (exact) mass is 395 g/mol. The van der Waals surface area contributed by atoms with E-state index < -0.39 is 9.84 Å². The van der Waals surface area contributed by atoms with Crippen molar-refractivity contribution in [2.24, 2.45) is 0 Å². The highest BCUT2D eigenvalue weighted by Crippen LogP contribution is 2.25. The minimum absolute atomic E-state index is 0.0249. The Kier molecular flexibility index (Phi) is 5.62. The summed E-state index contributed by atoms with van der Waals surface area (Å²) in [5.74, 6) is 0.480. The van der Waals surface area contributed by atoms with Gasteiger partial charge >= 0.3 is 0 Å². The minimum Gasteiger partial charge on any atom is -0.335 e. The van der Waals surface area contributed by atoms with Crippen molar-refractivity contribution in [3.05, 3.63) is 23.8 Å². The molecule has 2 heterocycles. The number of benzene rings is 1. The molecule has 1 fully saturated rings. The van der Waals surface area contributed by atoms with Gasteiger partial charge in [0.1, 0.15) is 0 Å². The van der Waals surface area contributed by atoms with Crippen LogP contribution in [-0.4, -0.2) is 58.5 Å². The Morgan fingerprint density at radius 2 is 2.23 bits per heavy atom. The van der Waals surface area contributed by atoms with E-state index in [1.54, 1.807) is 4.90 Å². The lowest BCUT2D eigenvalue weighted by molar-refractivity contribution is -0.132. The molecule has 1 aromatic carbocycles. The number of sulfone groups is 1. The molecule has 2 aromatic rings. The molecule has 1 aliphatic rings. The van der Waals surface area contributed by atoms with Crippen LogP contribution in [0.2, 0.25) is 0 Å². The number of carbonyl (C=O) groups excluding carboxylic acids is 1.